The number of hydrogen-bond donors (Lipinski definition) is 1. The molecule has 1 aromatic carbocycles. The minimum absolute atomic E-state index is 0.481. The van der Waals surface area contributed by atoms with Crippen LogP contribution in [-0.2, 0) is 0 Å². The Kier molecular flexibility index (Phi) is 5.56. The zero-order chi connectivity index (χ0) is 22.4. The molecule has 0 amide bonds. The van der Waals surface area contributed by atoms with Crippen molar-refractivity contribution in [2.45, 2.75) is 58.9 Å². The van der Waals surface area contributed by atoms with Gasteiger partial charge in [-0.15, -0.1) is 0 Å². The number of benzene rings is 1. The number of nitrogen functional groups attached to an aromatic ring is 1. The summed E-state index contributed by atoms with van der Waals surface area (Å²) in [6, 6.07) is 11.0. The molecule has 2 aliphatic rings. The molecule has 2 N–H and O–H groups in total. The third-order valence-corrected chi connectivity index (χ3v) is 8.20. The highest BCUT2D eigenvalue weighted by Crippen LogP contribution is 2.45. The lowest BCUT2D eigenvalue weighted by molar-refractivity contribution is 0.279. The predicted octanol–water partition coefficient (Wildman–Crippen LogP) is 6.89. The summed E-state index contributed by atoms with van der Waals surface area (Å²) in [6.07, 6.45) is 10.9. The Morgan fingerprint density at radius 1 is 1.09 bits per heavy atom. The number of aromatic nitrogens is 2. The van der Waals surface area contributed by atoms with Crippen LogP contribution in [-0.4, -0.2) is 16.7 Å². The number of nitrogens with two attached hydrogens (primary N) is 1. The Hall–Kier alpha value is -2.62. The van der Waals surface area contributed by atoms with Crippen LogP contribution in [0, 0.1) is 30.1 Å². The molecule has 0 bridgehead atoms. The normalized spacial score (nSPS) is 19.4. The molecule has 0 radical (unpaired) electrons. The summed E-state index contributed by atoms with van der Waals surface area (Å²) < 4.78 is 7.90. The van der Waals surface area contributed by atoms with Crippen molar-refractivity contribution < 1.29 is 4.74 Å². The largest absolute Gasteiger partial charge is 0.497 e. The molecule has 0 spiro atoms. The summed E-state index contributed by atoms with van der Waals surface area (Å²) in [5.74, 6) is 3.83. The third kappa shape index (κ3) is 3.74. The molecule has 0 aliphatic heterocycles. The molecule has 3 unspecified atom stereocenters. The van der Waals surface area contributed by atoms with E-state index in [1.165, 1.54) is 37.7 Å². The maximum absolute atomic E-state index is 6.70. The first kappa shape index (κ1) is 21.2. The van der Waals surface area contributed by atoms with Gasteiger partial charge in [0.05, 0.1) is 29.7 Å². The second kappa shape index (κ2) is 8.38. The fraction of sp³-hybridized carbons (Fsp3) is 0.500. The maximum atomic E-state index is 6.70. The lowest BCUT2D eigenvalue weighted by Crippen LogP contribution is -2.19. The Labute approximate surface area is 192 Å². The lowest BCUT2D eigenvalue weighted by Gasteiger charge is -2.31. The van der Waals surface area contributed by atoms with Gasteiger partial charge in [-0.25, -0.2) is 0 Å². The number of hydrogen-bond acceptors (Lipinski definition) is 3. The Bertz CT molecular complexity index is 1090. The van der Waals surface area contributed by atoms with Crippen LogP contribution in [0.15, 0.2) is 36.5 Å². The highest BCUT2D eigenvalue weighted by atomic mass is 16.5. The van der Waals surface area contributed by atoms with Gasteiger partial charge in [0.15, 0.2) is 0 Å². The number of pyridine rings is 1. The van der Waals surface area contributed by atoms with E-state index in [1.54, 1.807) is 7.11 Å². The first-order valence-corrected chi connectivity index (χ1v) is 12.3. The van der Waals surface area contributed by atoms with E-state index in [0.29, 0.717) is 17.9 Å². The van der Waals surface area contributed by atoms with Gasteiger partial charge in [-0.1, -0.05) is 39.0 Å². The predicted molar refractivity (Wildman–Crippen MR) is 133 cm³/mol. The quantitative estimate of drug-likeness (QED) is 0.396. The van der Waals surface area contributed by atoms with Crippen LogP contribution in [0.25, 0.3) is 22.3 Å². The third-order valence-electron chi connectivity index (χ3n) is 8.20. The smallest absolute Gasteiger partial charge is 0.120 e. The molecule has 0 saturated heterocycles. The standard InChI is InChI=1S/C28H36N3O/c1-17(18(2)19(3)21-9-10-21)14-20-8-13-25(30-16-20)28-27(29)24-12-11-23(32-4)15-26(24)31(28)22-6-5-7-22/h8,11-19,21-22H,5-7,9-10,29H2,1-4H3/q-1. The molecule has 3 atom stereocenters. The fourth-order valence-electron chi connectivity index (χ4n) is 5.36. The molecule has 4 heteroatoms. The van der Waals surface area contributed by atoms with Gasteiger partial charge in [0.25, 0.3) is 0 Å². The van der Waals surface area contributed by atoms with E-state index in [0.717, 1.165) is 45.6 Å². The summed E-state index contributed by atoms with van der Waals surface area (Å²) in [7, 11) is 1.71. The lowest BCUT2D eigenvalue weighted by atomic mass is 9.79. The number of anilines is 1. The van der Waals surface area contributed by atoms with Crippen LogP contribution in [0.4, 0.5) is 5.69 Å². The number of rotatable bonds is 8. The molecule has 2 aromatic heterocycles. The second-order valence-electron chi connectivity index (χ2n) is 10.2. The van der Waals surface area contributed by atoms with Crippen molar-refractivity contribution in [3.05, 3.63) is 48.5 Å². The van der Waals surface area contributed by atoms with E-state index in [4.69, 9.17) is 15.5 Å². The van der Waals surface area contributed by atoms with Gasteiger partial charge in [-0.05, 0) is 62.0 Å². The molecular weight excluding hydrogens is 394 g/mol. The Balaban J connectivity index is 1.44. The summed E-state index contributed by atoms with van der Waals surface area (Å²) in [4.78, 5) is 4.89. The second-order valence-corrected chi connectivity index (χ2v) is 10.2. The maximum Gasteiger partial charge on any atom is 0.120 e. The summed E-state index contributed by atoms with van der Waals surface area (Å²) in [5, 5.41) is 1.08. The average Bonchev–Trinajstić information content (AvgIpc) is 3.58. The highest BCUT2D eigenvalue weighted by molar-refractivity contribution is 6.01. The summed E-state index contributed by atoms with van der Waals surface area (Å²) in [6.45, 7) is 7.17. The minimum atomic E-state index is 0.481. The van der Waals surface area contributed by atoms with Crippen molar-refractivity contribution in [2.24, 2.45) is 23.7 Å². The summed E-state index contributed by atoms with van der Waals surface area (Å²) >= 11 is 0. The number of fused-ring (bicyclic) bond motifs is 1. The zero-order valence-electron chi connectivity index (χ0n) is 19.8. The van der Waals surface area contributed by atoms with E-state index in [9.17, 15) is 0 Å². The van der Waals surface area contributed by atoms with E-state index < -0.39 is 0 Å². The first-order valence-electron chi connectivity index (χ1n) is 12.3. The van der Waals surface area contributed by atoms with E-state index in [2.05, 4.69) is 56.0 Å². The molecule has 3 aromatic rings. The van der Waals surface area contributed by atoms with Crippen molar-refractivity contribution in [1.29, 1.82) is 0 Å². The molecule has 4 nitrogen and oxygen atoms in total. The van der Waals surface area contributed by atoms with Crippen LogP contribution in [0.1, 0.15) is 64.5 Å². The molecule has 32 heavy (non-hydrogen) atoms. The van der Waals surface area contributed by atoms with Crippen LogP contribution in [0.3, 0.4) is 0 Å². The molecule has 2 heterocycles. The Morgan fingerprint density at radius 2 is 1.88 bits per heavy atom. The van der Waals surface area contributed by atoms with Gasteiger partial charge in [0.1, 0.15) is 5.75 Å². The van der Waals surface area contributed by atoms with Crippen LogP contribution in [0.5, 0.6) is 5.75 Å². The van der Waals surface area contributed by atoms with E-state index in [1.807, 2.05) is 12.3 Å². The monoisotopic (exact) mass is 430 g/mol. The fourth-order valence-corrected chi connectivity index (χ4v) is 5.36. The average molecular weight is 431 g/mol. The van der Waals surface area contributed by atoms with Gasteiger partial charge in [0, 0.05) is 17.5 Å². The van der Waals surface area contributed by atoms with Gasteiger partial charge in [-0.2, -0.15) is 18.1 Å². The van der Waals surface area contributed by atoms with Crippen LogP contribution < -0.4 is 10.5 Å². The molecule has 2 saturated carbocycles. The zero-order valence-corrected chi connectivity index (χ0v) is 19.8. The topological polar surface area (TPSA) is 53.1 Å². The van der Waals surface area contributed by atoms with Crippen molar-refractivity contribution in [3.63, 3.8) is 0 Å². The Morgan fingerprint density at radius 3 is 2.47 bits per heavy atom. The van der Waals surface area contributed by atoms with E-state index >= 15 is 0 Å². The van der Waals surface area contributed by atoms with Crippen molar-refractivity contribution >= 4 is 16.6 Å². The van der Waals surface area contributed by atoms with Crippen LogP contribution in [0.2, 0.25) is 0 Å². The molecule has 2 aliphatic carbocycles. The van der Waals surface area contributed by atoms with E-state index in [-0.39, 0.29) is 0 Å². The highest BCUT2D eigenvalue weighted by Gasteiger charge is 2.32. The number of ether oxygens (including phenoxy) is 1. The molecular formula is C28H36N3O-. The minimum Gasteiger partial charge on any atom is -0.497 e. The SMILES string of the molecule is COc1ccc2c(N)c(-c3ccc([CH-]C(C)C(C)C(C)C4CC4)cn3)n(C3CCC3)c2c1. The van der Waals surface area contributed by atoms with Crippen molar-refractivity contribution in [1.82, 2.24) is 9.55 Å². The van der Waals surface area contributed by atoms with Crippen molar-refractivity contribution in [2.75, 3.05) is 12.8 Å². The van der Waals surface area contributed by atoms with Gasteiger partial charge >= 0.3 is 0 Å². The van der Waals surface area contributed by atoms with Gasteiger partial charge in [-0.3, -0.25) is 0 Å². The van der Waals surface area contributed by atoms with Crippen LogP contribution >= 0.6 is 0 Å². The number of nitrogens with zero attached hydrogens (tertiary/aromatic N) is 2. The first-order chi connectivity index (χ1) is 15.5. The number of methoxy groups -OCH3 is 1. The molecule has 170 valence electrons. The van der Waals surface area contributed by atoms with Crippen molar-refractivity contribution in [3.8, 4) is 17.1 Å². The van der Waals surface area contributed by atoms with Gasteiger partial charge < -0.3 is 20.0 Å². The van der Waals surface area contributed by atoms with Gasteiger partial charge in [0.2, 0.25) is 0 Å². The summed E-state index contributed by atoms with van der Waals surface area (Å²) in [5.41, 5.74) is 11.9. The molecule has 5 rings (SSSR count). The molecule has 2 fully saturated rings.